The van der Waals surface area contributed by atoms with Gasteiger partial charge in [0.15, 0.2) is 5.82 Å². The van der Waals surface area contributed by atoms with E-state index < -0.39 is 15.4 Å². The first-order valence-corrected chi connectivity index (χ1v) is 13.6. The Morgan fingerprint density at radius 1 is 1.08 bits per heavy atom. The standard InChI is InChI=1S/C27H27N5O5S/c1-14-9-22(23(37-4)12-24(14)38(34,35)28-2)29-25-17-7-5-15(10-21(17)31-32-25)19-13-27(19)18-11-16(36-3)6-8-20(18)30-26(27)33/h5-12,19,28H,13H2,1-4H3,(H,30,33)(H2,29,31,32)/t19-,27-/m0/s1. The van der Waals surface area contributed by atoms with Gasteiger partial charge in [-0.15, -0.1) is 0 Å². The van der Waals surface area contributed by atoms with Crippen LogP contribution in [0.3, 0.4) is 0 Å². The molecule has 1 spiro atoms. The number of hydrogen-bond donors (Lipinski definition) is 4. The van der Waals surface area contributed by atoms with Crippen molar-refractivity contribution in [3.8, 4) is 11.5 Å². The number of aromatic amines is 1. The molecule has 1 aliphatic heterocycles. The van der Waals surface area contributed by atoms with E-state index in [0.29, 0.717) is 22.8 Å². The maximum absolute atomic E-state index is 13.0. The Labute approximate surface area is 219 Å². The number of nitrogens with one attached hydrogen (secondary N) is 4. The van der Waals surface area contributed by atoms with Crippen LogP contribution in [-0.4, -0.2) is 45.8 Å². The zero-order valence-electron chi connectivity index (χ0n) is 21.3. The van der Waals surface area contributed by atoms with Gasteiger partial charge in [-0.05, 0) is 73.5 Å². The molecule has 10 nitrogen and oxygen atoms in total. The average molecular weight is 534 g/mol. The number of carbonyl (C=O) groups is 1. The van der Waals surface area contributed by atoms with Crippen LogP contribution in [0.4, 0.5) is 17.2 Å². The summed E-state index contributed by atoms with van der Waals surface area (Å²) in [5.41, 5.74) is 4.26. The van der Waals surface area contributed by atoms with Crippen molar-refractivity contribution < 1.29 is 22.7 Å². The molecule has 38 heavy (non-hydrogen) atoms. The number of aryl methyl sites for hydroxylation is 1. The third-order valence-corrected chi connectivity index (χ3v) is 9.18. The van der Waals surface area contributed by atoms with Crippen molar-refractivity contribution in [3.63, 3.8) is 0 Å². The average Bonchev–Trinajstić information content (AvgIpc) is 3.47. The Kier molecular flexibility index (Phi) is 5.41. The highest BCUT2D eigenvalue weighted by molar-refractivity contribution is 7.89. The van der Waals surface area contributed by atoms with E-state index in [1.807, 2.05) is 36.4 Å². The van der Waals surface area contributed by atoms with Crippen molar-refractivity contribution in [2.75, 3.05) is 31.9 Å². The van der Waals surface area contributed by atoms with Crippen molar-refractivity contribution in [2.24, 2.45) is 0 Å². The molecule has 2 heterocycles. The SMILES string of the molecule is CNS(=O)(=O)c1cc(OC)c(Nc2n[nH]c3cc([C@@H]4C[C@@]45C(=O)Nc4ccc(OC)cc45)ccc23)cc1C. The van der Waals surface area contributed by atoms with Crippen LogP contribution in [0.1, 0.15) is 29.0 Å². The molecule has 1 aliphatic carbocycles. The van der Waals surface area contributed by atoms with Crippen LogP contribution < -0.4 is 24.8 Å². The minimum absolute atomic E-state index is 0.0176. The number of H-pyrrole nitrogens is 1. The summed E-state index contributed by atoms with van der Waals surface area (Å²) in [7, 11) is 0.844. The van der Waals surface area contributed by atoms with Crippen LogP contribution >= 0.6 is 0 Å². The molecule has 3 aromatic carbocycles. The highest BCUT2D eigenvalue weighted by atomic mass is 32.2. The maximum atomic E-state index is 13.0. The van der Waals surface area contributed by atoms with Gasteiger partial charge >= 0.3 is 0 Å². The highest BCUT2D eigenvalue weighted by Gasteiger charge is 2.65. The van der Waals surface area contributed by atoms with Crippen LogP contribution in [0.15, 0.2) is 53.4 Å². The lowest BCUT2D eigenvalue weighted by molar-refractivity contribution is -0.118. The summed E-state index contributed by atoms with van der Waals surface area (Å²) in [5, 5.41) is 14.7. The normalized spacial score (nSPS) is 19.9. The van der Waals surface area contributed by atoms with Crippen LogP contribution in [0.5, 0.6) is 11.5 Å². The van der Waals surface area contributed by atoms with E-state index >= 15 is 0 Å². The molecule has 1 aromatic heterocycles. The first-order valence-electron chi connectivity index (χ1n) is 12.1. The van der Waals surface area contributed by atoms with Crippen LogP contribution in [0, 0.1) is 6.92 Å². The third-order valence-electron chi connectivity index (χ3n) is 7.62. The summed E-state index contributed by atoms with van der Waals surface area (Å²) >= 11 is 0. The van der Waals surface area contributed by atoms with E-state index in [9.17, 15) is 13.2 Å². The molecule has 6 rings (SSSR count). The fraction of sp³-hybridized carbons (Fsp3) is 0.259. The van der Waals surface area contributed by atoms with Crippen molar-refractivity contribution in [2.45, 2.75) is 29.6 Å². The molecule has 0 saturated heterocycles. The van der Waals surface area contributed by atoms with Gasteiger partial charge < -0.3 is 20.1 Å². The number of benzene rings is 3. The molecule has 11 heteroatoms. The quantitative estimate of drug-likeness (QED) is 0.283. The number of amides is 1. The van der Waals surface area contributed by atoms with Gasteiger partial charge in [0.25, 0.3) is 0 Å². The molecular weight excluding hydrogens is 506 g/mol. The Hall–Kier alpha value is -4.09. The summed E-state index contributed by atoms with van der Waals surface area (Å²) in [6, 6.07) is 14.9. The predicted octanol–water partition coefficient (Wildman–Crippen LogP) is 3.92. The van der Waals surface area contributed by atoms with Gasteiger partial charge in [-0.3, -0.25) is 9.89 Å². The van der Waals surface area contributed by atoms with Gasteiger partial charge in [0, 0.05) is 23.1 Å². The van der Waals surface area contributed by atoms with Gasteiger partial charge in [0.2, 0.25) is 15.9 Å². The van der Waals surface area contributed by atoms with Crippen molar-refractivity contribution in [1.29, 1.82) is 0 Å². The second-order valence-corrected chi connectivity index (χ2v) is 11.5. The summed E-state index contributed by atoms with van der Waals surface area (Å²) in [6.45, 7) is 1.72. The largest absolute Gasteiger partial charge is 0.497 e. The summed E-state index contributed by atoms with van der Waals surface area (Å²) in [5.74, 6) is 1.74. The molecule has 1 saturated carbocycles. The number of nitrogens with zero attached hydrogens (tertiary/aromatic N) is 1. The number of carbonyl (C=O) groups excluding carboxylic acids is 1. The maximum Gasteiger partial charge on any atom is 0.240 e. The lowest BCUT2D eigenvalue weighted by Crippen LogP contribution is -2.21. The molecule has 2 aliphatic rings. The lowest BCUT2D eigenvalue weighted by atomic mass is 9.91. The van der Waals surface area contributed by atoms with Crippen LogP contribution in [0.25, 0.3) is 10.9 Å². The summed E-state index contributed by atoms with van der Waals surface area (Å²) in [6.07, 6.45) is 0.724. The topological polar surface area (TPSA) is 134 Å². The fourth-order valence-corrected chi connectivity index (χ4v) is 6.48. The van der Waals surface area contributed by atoms with Crippen molar-refractivity contribution >= 4 is 44.0 Å². The Morgan fingerprint density at radius 2 is 1.89 bits per heavy atom. The Balaban J connectivity index is 1.31. The Morgan fingerprint density at radius 3 is 2.63 bits per heavy atom. The van der Waals surface area contributed by atoms with Gasteiger partial charge in [-0.2, -0.15) is 5.10 Å². The summed E-state index contributed by atoms with van der Waals surface area (Å²) < 4.78 is 37.9. The zero-order valence-corrected chi connectivity index (χ0v) is 22.1. The zero-order chi connectivity index (χ0) is 26.8. The molecule has 196 valence electrons. The second-order valence-electron chi connectivity index (χ2n) is 9.62. The van der Waals surface area contributed by atoms with E-state index in [4.69, 9.17) is 9.47 Å². The number of methoxy groups -OCH3 is 2. The van der Waals surface area contributed by atoms with Gasteiger partial charge in [-0.25, -0.2) is 13.1 Å². The van der Waals surface area contributed by atoms with E-state index in [0.717, 1.165) is 39.9 Å². The number of ether oxygens (including phenoxy) is 2. The predicted molar refractivity (Wildman–Crippen MR) is 144 cm³/mol. The van der Waals surface area contributed by atoms with Gasteiger partial charge in [-0.1, -0.05) is 6.07 Å². The minimum atomic E-state index is -3.63. The minimum Gasteiger partial charge on any atom is -0.497 e. The molecule has 0 unspecified atom stereocenters. The first-order chi connectivity index (χ1) is 18.2. The number of anilines is 3. The number of sulfonamides is 1. The lowest BCUT2D eigenvalue weighted by Gasteiger charge is -2.14. The second kappa shape index (κ2) is 8.47. The number of hydrogen-bond acceptors (Lipinski definition) is 7. The van der Waals surface area contributed by atoms with Crippen LogP contribution in [-0.2, 0) is 20.2 Å². The van der Waals surface area contributed by atoms with Gasteiger partial charge in [0.05, 0.1) is 35.7 Å². The third kappa shape index (κ3) is 3.53. The van der Waals surface area contributed by atoms with Crippen molar-refractivity contribution in [3.05, 3.63) is 65.2 Å². The van der Waals surface area contributed by atoms with Crippen LogP contribution in [0.2, 0.25) is 0 Å². The smallest absolute Gasteiger partial charge is 0.240 e. The Bertz CT molecular complexity index is 1730. The molecule has 4 N–H and O–H groups in total. The molecule has 0 bridgehead atoms. The fourth-order valence-electron chi connectivity index (χ4n) is 5.51. The van der Waals surface area contributed by atoms with E-state index in [1.165, 1.54) is 20.2 Å². The molecule has 1 fully saturated rings. The van der Waals surface area contributed by atoms with E-state index in [-0.39, 0.29) is 16.7 Å². The first kappa shape index (κ1) is 24.3. The van der Waals surface area contributed by atoms with E-state index in [1.54, 1.807) is 20.1 Å². The number of fused-ring (bicyclic) bond motifs is 3. The molecule has 2 atom stereocenters. The molecular formula is C27H27N5O5S. The number of rotatable bonds is 7. The monoisotopic (exact) mass is 533 g/mol. The molecule has 4 aromatic rings. The highest BCUT2D eigenvalue weighted by Crippen LogP contribution is 2.65. The molecule has 1 amide bonds. The van der Waals surface area contributed by atoms with Gasteiger partial charge in [0.1, 0.15) is 11.5 Å². The van der Waals surface area contributed by atoms with E-state index in [2.05, 4.69) is 25.6 Å². The summed E-state index contributed by atoms with van der Waals surface area (Å²) in [4.78, 5) is 13.2. The van der Waals surface area contributed by atoms with Crippen molar-refractivity contribution in [1.82, 2.24) is 14.9 Å². The molecule has 0 radical (unpaired) electrons. The number of aromatic nitrogens is 2.